The number of piperidine rings is 1. The highest BCUT2D eigenvalue weighted by molar-refractivity contribution is 6.32. The molecule has 0 amide bonds. The summed E-state index contributed by atoms with van der Waals surface area (Å²) in [7, 11) is 0. The van der Waals surface area contributed by atoms with Crippen molar-refractivity contribution in [3.8, 4) is 6.07 Å². The lowest BCUT2D eigenvalue weighted by Crippen LogP contribution is -2.46. The van der Waals surface area contributed by atoms with Crippen LogP contribution in [-0.4, -0.2) is 43.5 Å². The zero-order chi connectivity index (χ0) is 32.4. The molecule has 0 spiro atoms. The molecule has 2 N–H and O–H groups in total. The first-order chi connectivity index (χ1) is 22.1. The first-order valence-corrected chi connectivity index (χ1v) is 16.4. The Balaban J connectivity index is 1.36. The minimum atomic E-state index is -0.362. The number of fused-ring (bicyclic) bond motifs is 1. The number of hydrogen-bond acceptors (Lipinski definition) is 7. The summed E-state index contributed by atoms with van der Waals surface area (Å²) in [5, 5.41) is 28.5. The molecule has 8 nitrogen and oxygen atoms in total. The van der Waals surface area contributed by atoms with Crippen LogP contribution in [0.1, 0.15) is 81.0 Å². The number of halogens is 2. The van der Waals surface area contributed by atoms with Gasteiger partial charge in [0.15, 0.2) is 0 Å². The van der Waals surface area contributed by atoms with Gasteiger partial charge in [0, 0.05) is 46.3 Å². The van der Waals surface area contributed by atoms with Crippen LogP contribution in [0.3, 0.4) is 0 Å². The molecule has 2 atom stereocenters. The molecule has 3 aromatic carbocycles. The molecule has 236 valence electrons. The molecule has 1 aliphatic rings. The van der Waals surface area contributed by atoms with Gasteiger partial charge in [0.25, 0.3) is 0 Å². The molecule has 3 heterocycles. The largest absolute Gasteiger partial charge is 0.377 e. The lowest BCUT2D eigenvalue weighted by Gasteiger charge is -2.40. The average Bonchev–Trinajstić information content (AvgIpc) is 3.54. The van der Waals surface area contributed by atoms with Gasteiger partial charge in [-0.2, -0.15) is 5.26 Å². The van der Waals surface area contributed by atoms with Crippen molar-refractivity contribution in [1.29, 1.82) is 5.26 Å². The standard InChI is InChI=1S/C36H38Cl2N8/c1-23(24-8-6-5-7-9-24)41-33-26(20-39)21-40-35-30(33)18-28(38)19-31(35)42-34(25-10-12-27(37)13-11-25)32-22-46(44-43-32)29-14-16-45(17-15-29)36(2,3)4/h5-13,18-19,21-23,29,34,42H,14-17H2,1-4H3,(H,40,41)/t23-,34+/m1/s1. The number of nitrogens with zero attached hydrogens (tertiary/aromatic N) is 6. The number of benzene rings is 3. The number of nitrogens with one attached hydrogen (secondary N) is 2. The van der Waals surface area contributed by atoms with Gasteiger partial charge < -0.3 is 10.6 Å². The Bertz CT molecular complexity index is 1850. The summed E-state index contributed by atoms with van der Waals surface area (Å²) >= 11 is 13.0. The zero-order valence-corrected chi connectivity index (χ0v) is 28.0. The fourth-order valence-electron chi connectivity index (χ4n) is 6.20. The van der Waals surface area contributed by atoms with Gasteiger partial charge in [0.2, 0.25) is 0 Å². The van der Waals surface area contributed by atoms with Gasteiger partial charge in [-0.3, -0.25) is 9.88 Å². The van der Waals surface area contributed by atoms with Gasteiger partial charge in [-0.15, -0.1) is 5.10 Å². The van der Waals surface area contributed by atoms with Crippen LogP contribution in [0.5, 0.6) is 0 Å². The number of pyridine rings is 1. The molecule has 10 heteroatoms. The summed E-state index contributed by atoms with van der Waals surface area (Å²) in [5.74, 6) is 0. The monoisotopic (exact) mass is 652 g/mol. The molecule has 0 saturated carbocycles. The van der Waals surface area contributed by atoms with E-state index in [9.17, 15) is 5.26 Å². The second-order valence-electron chi connectivity index (χ2n) is 12.9. The van der Waals surface area contributed by atoms with Crippen LogP contribution in [0.4, 0.5) is 11.4 Å². The first kappa shape index (κ1) is 31.8. The Morgan fingerprint density at radius 2 is 1.65 bits per heavy atom. The van der Waals surface area contributed by atoms with Crippen LogP contribution in [0.2, 0.25) is 10.0 Å². The van der Waals surface area contributed by atoms with Crippen molar-refractivity contribution in [2.75, 3.05) is 23.7 Å². The van der Waals surface area contributed by atoms with Crippen molar-refractivity contribution >= 4 is 45.5 Å². The molecule has 2 aromatic heterocycles. The predicted molar refractivity (Wildman–Crippen MR) is 186 cm³/mol. The van der Waals surface area contributed by atoms with E-state index in [1.165, 1.54) is 0 Å². The van der Waals surface area contributed by atoms with Crippen molar-refractivity contribution in [1.82, 2.24) is 24.9 Å². The topological polar surface area (TPSA) is 94.7 Å². The van der Waals surface area contributed by atoms with Gasteiger partial charge in [0.1, 0.15) is 11.8 Å². The molecular weight excluding hydrogens is 615 g/mol. The van der Waals surface area contributed by atoms with Crippen molar-refractivity contribution in [2.45, 2.75) is 64.2 Å². The molecule has 0 radical (unpaired) electrons. The second kappa shape index (κ2) is 13.3. The lowest BCUT2D eigenvalue weighted by molar-refractivity contribution is 0.0866. The fraction of sp³-hybridized carbons (Fsp3) is 0.333. The van der Waals surface area contributed by atoms with Crippen molar-refractivity contribution in [2.24, 2.45) is 0 Å². The Labute approximate surface area is 280 Å². The van der Waals surface area contributed by atoms with Crippen LogP contribution in [0.15, 0.2) is 79.1 Å². The molecule has 1 saturated heterocycles. The highest BCUT2D eigenvalue weighted by Gasteiger charge is 2.29. The van der Waals surface area contributed by atoms with Gasteiger partial charge in [-0.05, 0) is 75.9 Å². The van der Waals surface area contributed by atoms with E-state index in [0.717, 1.165) is 53.8 Å². The molecule has 6 rings (SSSR count). The van der Waals surface area contributed by atoms with Crippen LogP contribution in [-0.2, 0) is 0 Å². The molecule has 0 aliphatic carbocycles. The Morgan fingerprint density at radius 1 is 0.935 bits per heavy atom. The molecule has 0 bridgehead atoms. The molecule has 5 aromatic rings. The molecule has 1 fully saturated rings. The molecule has 1 aliphatic heterocycles. The van der Waals surface area contributed by atoms with Crippen LogP contribution >= 0.6 is 23.2 Å². The zero-order valence-electron chi connectivity index (χ0n) is 26.5. The number of nitriles is 1. The van der Waals surface area contributed by atoms with Crippen LogP contribution < -0.4 is 10.6 Å². The third kappa shape index (κ3) is 6.82. The van der Waals surface area contributed by atoms with E-state index in [0.29, 0.717) is 26.8 Å². The number of rotatable bonds is 8. The molecule has 0 unspecified atom stereocenters. The van der Waals surface area contributed by atoms with E-state index in [2.05, 4.69) is 71.7 Å². The molecular formula is C36H38Cl2N8. The van der Waals surface area contributed by atoms with E-state index in [1.807, 2.05) is 65.5 Å². The van der Waals surface area contributed by atoms with E-state index in [-0.39, 0.29) is 23.7 Å². The fourth-order valence-corrected chi connectivity index (χ4v) is 6.54. The summed E-state index contributed by atoms with van der Waals surface area (Å²) in [6.45, 7) is 10.9. The average molecular weight is 654 g/mol. The van der Waals surface area contributed by atoms with E-state index < -0.39 is 0 Å². The Kier molecular flexibility index (Phi) is 9.19. The third-order valence-electron chi connectivity index (χ3n) is 8.83. The first-order valence-electron chi connectivity index (χ1n) is 15.6. The normalized spacial score (nSPS) is 15.8. The quantitative estimate of drug-likeness (QED) is 0.173. The van der Waals surface area contributed by atoms with Crippen molar-refractivity contribution < 1.29 is 0 Å². The van der Waals surface area contributed by atoms with E-state index >= 15 is 0 Å². The predicted octanol–water partition coefficient (Wildman–Crippen LogP) is 8.81. The third-order valence-corrected chi connectivity index (χ3v) is 9.30. The number of anilines is 2. The summed E-state index contributed by atoms with van der Waals surface area (Å²) < 4.78 is 2.01. The lowest BCUT2D eigenvalue weighted by atomic mass is 9.98. The smallest absolute Gasteiger partial charge is 0.109 e. The number of hydrogen-bond donors (Lipinski definition) is 2. The summed E-state index contributed by atoms with van der Waals surface area (Å²) in [6, 6.07) is 23.7. The summed E-state index contributed by atoms with van der Waals surface area (Å²) in [6.07, 6.45) is 5.69. The van der Waals surface area contributed by atoms with E-state index in [1.54, 1.807) is 6.20 Å². The number of likely N-dealkylation sites (tertiary alicyclic amines) is 1. The Hall–Kier alpha value is -4.16. The maximum absolute atomic E-state index is 10.0. The molecule has 46 heavy (non-hydrogen) atoms. The highest BCUT2D eigenvalue weighted by atomic mass is 35.5. The van der Waals surface area contributed by atoms with Crippen LogP contribution in [0, 0.1) is 11.3 Å². The maximum Gasteiger partial charge on any atom is 0.109 e. The van der Waals surface area contributed by atoms with Gasteiger partial charge in [0.05, 0.1) is 40.7 Å². The van der Waals surface area contributed by atoms with Gasteiger partial charge in [-0.1, -0.05) is 70.9 Å². The summed E-state index contributed by atoms with van der Waals surface area (Å²) in [4.78, 5) is 7.27. The minimum Gasteiger partial charge on any atom is -0.377 e. The van der Waals surface area contributed by atoms with Crippen molar-refractivity contribution in [3.63, 3.8) is 0 Å². The second-order valence-corrected chi connectivity index (χ2v) is 13.8. The SMILES string of the molecule is C[C@@H](Nc1c(C#N)cnc2c(N[C@@H](c3ccc(Cl)cc3)c3cn(C4CCN(C(C)(C)C)CC4)nn3)cc(Cl)cc12)c1ccccc1. The van der Waals surface area contributed by atoms with Crippen molar-refractivity contribution in [3.05, 3.63) is 112 Å². The highest BCUT2D eigenvalue weighted by Crippen LogP contribution is 2.38. The van der Waals surface area contributed by atoms with Crippen LogP contribution in [0.25, 0.3) is 10.9 Å². The number of aromatic nitrogens is 4. The minimum absolute atomic E-state index is 0.0542. The van der Waals surface area contributed by atoms with Gasteiger partial charge >= 0.3 is 0 Å². The summed E-state index contributed by atoms with van der Waals surface area (Å²) in [5.41, 5.74) is 5.53. The maximum atomic E-state index is 10.0. The van der Waals surface area contributed by atoms with Gasteiger partial charge in [-0.25, -0.2) is 4.68 Å². The van der Waals surface area contributed by atoms with E-state index in [4.69, 9.17) is 28.2 Å². The Morgan fingerprint density at radius 3 is 2.33 bits per heavy atom.